The van der Waals surface area contributed by atoms with Gasteiger partial charge in [0.25, 0.3) is 11.8 Å². The highest BCUT2D eigenvalue weighted by atomic mass is 32.2. The molecule has 12 nitrogen and oxygen atoms in total. The molecule has 4 N–H and O–H groups in total. The molecule has 2 aliphatic heterocycles. The quantitative estimate of drug-likeness (QED) is 0.110. The van der Waals surface area contributed by atoms with Crippen molar-refractivity contribution in [2.24, 2.45) is 5.16 Å². The number of anilines is 1. The van der Waals surface area contributed by atoms with E-state index >= 15 is 0 Å². The minimum atomic E-state index is -1.33. The van der Waals surface area contributed by atoms with Crippen molar-refractivity contribution in [1.29, 1.82) is 0 Å². The third-order valence-electron chi connectivity index (χ3n) is 4.44. The average molecular weight is 494 g/mol. The minimum Gasteiger partial charge on any atom is -0.477 e. The predicted octanol–water partition coefficient (Wildman–Crippen LogP) is -0.229. The van der Waals surface area contributed by atoms with Crippen LogP contribution in [0.3, 0.4) is 0 Å². The van der Waals surface area contributed by atoms with Crippen molar-refractivity contribution in [3.05, 3.63) is 22.3 Å². The zero-order chi connectivity index (χ0) is 24.1. The summed E-state index contributed by atoms with van der Waals surface area (Å²) in [6, 6.07) is -0.997. The Hall–Kier alpha value is -3.57. The highest BCUT2D eigenvalue weighted by molar-refractivity contribution is 8.00. The van der Waals surface area contributed by atoms with Gasteiger partial charge < -0.3 is 25.7 Å². The Labute approximate surface area is 196 Å². The summed E-state index contributed by atoms with van der Waals surface area (Å²) in [5.74, 6) is 2.21. The number of β-lactam (4-membered cyclic amide) rings is 1. The largest absolute Gasteiger partial charge is 0.477 e. The van der Waals surface area contributed by atoms with Crippen LogP contribution in [0.15, 0.2) is 21.8 Å². The molecule has 2 atom stereocenters. The van der Waals surface area contributed by atoms with E-state index in [0.717, 1.165) is 16.2 Å². The zero-order valence-electron chi connectivity index (χ0n) is 17.5. The van der Waals surface area contributed by atoms with E-state index in [0.29, 0.717) is 5.57 Å². The molecular weight excluding hydrogens is 474 g/mol. The van der Waals surface area contributed by atoms with Gasteiger partial charge in [0.15, 0.2) is 17.5 Å². The van der Waals surface area contributed by atoms with E-state index < -0.39 is 35.2 Å². The van der Waals surface area contributed by atoms with E-state index in [9.17, 15) is 24.3 Å². The topological polar surface area (TPSA) is 174 Å². The van der Waals surface area contributed by atoms with Crippen LogP contribution in [0.1, 0.15) is 19.5 Å². The number of nitrogens with two attached hydrogens (primary N) is 1. The Morgan fingerprint density at radius 3 is 2.82 bits per heavy atom. The van der Waals surface area contributed by atoms with Gasteiger partial charge in [-0.25, -0.2) is 9.78 Å². The molecule has 1 aromatic heterocycles. The number of esters is 1. The molecule has 1 aromatic rings. The number of fused-ring (bicyclic) bond motifs is 1. The summed E-state index contributed by atoms with van der Waals surface area (Å²) < 4.78 is 4.90. The Kier molecular flexibility index (Phi) is 7.56. The van der Waals surface area contributed by atoms with Gasteiger partial charge in [-0.3, -0.25) is 19.3 Å². The standard InChI is InChI=1S/C19H19N5O7S2/c1-3-4-5-31-23-12(11-8-33-19(20)21-11)15(26)22-13-16(27)24-14(18(28)29)10(6-30-9(2)25)7-32-17(13)24/h8,13,17H,5-7H2,1-2H3,(H2,20,21)(H,22,26)(H,28,29)/t13?,17-/m1/s1. The number of nitrogens with one attached hydrogen (secondary N) is 1. The number of carboxylic acids is 1. The maximum atomic E-state index is 12.9. The van der Waals surface area contributed by atoms with Gasteiger partial charge in [-0.15, -0.1) is 29.0 Å². The number of hydrogen-bond donors (Lipinski definition) is 3. The number of rotatable bonds is 8. The maximum Gasteiger partial charge on any atom is 0.352 e. The number of carbonyl (C=O) groups is 4. The van der Waals surface area contributed by atoms with Crippen LogP contribution >= 0.6 is 23.1 Å². The molecule has 33 heavy (non-hydrogen) atoms. The molecule has 1 saturated heterocycles. The van der Waals surface area contributed by atoms with Crippen molar-refractivity contribution in [3.8, 4) is 11.8 Å². The lowest BCUT2D eigenvalue weighted by molar-refractivity contribution is -0.150. The van der Waals surface area contributed by atoms with Crippen molar-refractivity contribution >= 4 is 57.7 Å². The number of nitrogens with zero attached hydrogens (tertiary/aromatic N) is 3. The summed E-state index contributed by atoms with van der Waals surface area (Å²) in [6.45, 7) is 2.53. The molecule has 0 saturated carbocycles. The van der Waals surface area contributed by atoms with E-state index in [1.54, 1.807) is 6.92 Å². The lowest BCUT2D eigenvalue weighted by Crippen LogP contribution is -2.71. The molecule has 0 aromatic carbocycles. The fourth-order valence-corrected chi connectivity index (χ4v) is 4.87. The number of amides is 2. The molecule has 0 aliphatic carbocycles. The number of ether oxygens (including phenoxy) is 1. The number of hydrogen-bond acceptors (Lipinski definition) is 11. The molecule has 1 unspecified atom stereocenters. The molecule has 3 heterocycles. The van der Waals surface area contributed by atoms with Gasteiger partial charge in [-0.05, 0) is 6.92 Å². The smallest absolute Gasteiger partial charge is 0.352 e. The van der Waals surface area contributed by atoms with Crippen LogP contribution in [0.2, 0.25) is 0 Å². The van der Waals surface area contributed by atoms with Crippen molar-refractivity contribution in [2.45, 2.75) is 25.3 Å². The van der Waals surface area contributed by atoms with Gasteiger partial charge >= 0.3 is 11.9 Å². The first-order valence-corrected chi connectivity index (χ1v) is 11.3. The van der Waals surface area contributed by atoms with Crippen LogP contribution in [-0.2, 0) is 28.8 Å². The van der Waals surface area contributed by atoms with Gasteiger partial charge in [0.1, 0.15) is 29.4 Å². The van der Waals surface area contributed by atoms with Crippen molar-refractivity contribution < 1.29 is 33.9 Å². The highest BCUT2D eigenvalue weighted by Gasteiger charge is 2.54. The van der Waals surface area contributed by atoms with E-state index in [4.69, 9.17) is 15.3 Å². The Morgan fingerprint density at radius 1 is 1.45 bits per heavy atom. The van der Waals surface area contributed by atoms with Crippen LogP contribution in [0.4, 0.5) is 5.13 Å². The lowest BCUT2D eigenvalue weighted by Gasteiger charge is -2.49. The van der Waals surface area contributed by atoms with Gasteiger partial charge in [-0.1, -0.05) is 11.1 Å². The molecule has 2 aliphatic rings. The second kappa shape index (κ2) is 10.4. The van der Waals surface area contributed by atoms with Crippen LogP contribution in [0, 0.1) is 11.8 Å². The maximum absolute atomic E-state index is 12.9. The zero-order valence-corrected chi connectivity index (χ0v) is 19.1. The summed E-state index contributed by atoms with van der Waals surface area (Å²) in [7, 11) is 0. The number of aromatic nitrogens is 1. The third-order valence-corrected chi connectivity index (χ3v) is 6.45. The fourth-order valence-electron chi connectivity index (χ4n) is 2.99. The van der Waals surface area contributed by atoms with Crippen molar-refractivity contribution in [1.82, 2.24) is 15.2 Å². The summed E-state index contributed by atoms with van der Waals surface area (Å²) in [5, 5.41) is 17.0. The summed E-state index contributed by atoms with van der Waals surface area (Å²) in [6.07, 6.45) is 0. The number of aliphatic carboxylic acids is 1. The van der Waals surface area contributed by atoms with Gasteiger partial charge in [0, 0.05) is 23.6 Å². The molecule has 2 amide bonds. The minimum absolute atomic E-state index is 0.0562. The number of oxime groups is 1. The van der Waals surface area contributed by atoms with Crippen LogP contribution in [0.5, 0.6) is 0 Å². The van der Waals surface area contributed by atoms with Crippen molar-refractivity contribution in [3.63, 3.8) is 0 Å². The Morgan fingerprint density at radius 2 is 2.21 bits per heavy atom. The van der Waals surface area contributed by atoms with Crippen LogP contribution < -0.4 is 11.1 Å². The SMILES string of the molecule is CC#CCON=C(C(=O)NC1C(=O)N2C(C(=O)O)=C(COC(C)=O)CS[C@H]12)c1csc(N)n1. The van der Waals surface area contributed by atoms with E-state index in [1.807, 2.05) is 0 Å². The molecule has 3 rings (SSSR count). The average Bonchev–Trinajstić information content (AvgIpc) is 3.20. The van der Waals surface area contributed by atoms with Crippen LogP contribution in [0.25, 0.3) is 0 Å². The fraction of sp³-hybridized carbons (Fsp3) is 0.368. The highest BCUT2D eigenvalue weighted by Crippen LogP contribution is 2.40. The number of carbonyl (C=O) groups excluding carboxylic acids is 3. The Balaban J connectivity index is 1.77. The van der Waals surface area contributed by atoms with Gasteiger partial charge in [0.05, 0.1) is 0 Å². The molecule has 0 bridgehead atoms. The second-order valence-electron chi connectivity index (χ2n) is 6.61. The number of thiazole rings is 1. The first-order valence-electron chi connectivity index (χ1n) is 9.39. The third kappa shape index (κ3) is 5.26. The van der Waals surface area contributed by atoms with Gasteiger partial charge in [-0.2, -0.15) is 0 Å². The van der Waals surface area contributed by atoms with Crippen molar-refractivity contribution in [2.75, 3.05) is 24.7 Å². The second-order valence-corrected chi connectivity index (χ2v) is 8.60. The molecule has 1 fully saturated rings. The lowest BCUT2D eigenvalue weighted by atomic mass is 10.0. The van der Waals surface area contributed by atoms with E-state index in [-0.39, 0.29) is 41.2 Å². The summed E-state index contributed by atoms with van der Waals surface area (Å²) in [5.41, 5.74) is 5.65. The first-order chi connectivity index (χ1) is 15.7. The molecule has 0 radical (unpaired) electrons. The van der Waals surface area contributed by atoms with E-state index in [1.165, 1.54) is 24.1 Å². The monoisotopic (exact) mass is 493 g/mol. The number of carboxylic acid groups (broad SMARTS) is 1. The van der Waals surface area contributed by atoms with Gasteiger partial charge in [0.2, 0.25) is 0 Å². The molecule has 174 valence electrons. The van der Waals surface area contributed by atoms with E-state index in [2.05, 4.69) is 27.3 Å². The Bertz CT molecular complexity index is 1120. The predicted molar refractivity (Wildman–Crippen MR) is 119 cm³/mol. The van der Waals surface area contributed by atoms with Crippen LogP contribution in [-0.4, -0.2) is 74.8 Å². The number of nitrogen functional groups attached to an aromatic ring is 1. The number of thioether (sulfide) groups is 1. The first kappa shape index (κ1) is 24.1. The molecule has 0 spiro atoms. The summed E-state index contributed by atoms with van der Waals surface area (Å²) in [4.78, 5) is 58.7. The summed E-state index contributed by atoms with van der Waals surface area (Å²) >= 11 is 2.34. The molecular formula is C19H19N5O7S2. The molecule has 14 heteroatoms. The normalized spacial score (nSPS) is 19.6.